The maximum atomic E-state index is 12.3. The first kappa shape index (κ1) is 20.0. The molecule has 11 heteroatoms. The second kappa shape index (κ2) is 6.45. The van der Waals surface area contributed by atoms with Gasteiger partial charge in [0.15, 0.2) is 0 Å². The molecule has 0 saturated heterocycles. The van der Waals surface area contributed by atoms with Gasteiger partial charge in [0.05, 0.1) is 0 Å². The molecule has 1 aromatic heterocycles. The molecule has 1 heterocycles. The molecular formula is C14H21F3N2O5S. The average molecular weight is 386 g/mol. The van der Waals surface area contributed by atoms with E-state index in [1.807, 2.05) is 0 Å². The van der Waals surface area contributed by atoms with Crippen LogP contribution in [0.5, 0.6) is 0 Å². The van der Waals surface area contributed by atoms with E-state index in [2.05, 4.69) is 10.5 Å². The lowest BCUT2D eigenvalue weighted by Gasteiger charge is -2.45. The maximum absolute atomic E-state index is 12.3. The van der Waals surface area contributed by atoms with Crippen LogP contribution in [0.2, 0.25) is 0 Å². The van der Waals surface area contributed by atoms with E-state index < -0.39 is 51.6 Å². The average Bonchev–Trinajstić information content (AvgIpc) is 3.02. The summed E-state index contributed by atoms with van der Waals surface area (Å²) in [6.45, 7) is 2.47. The van der Waals surface area contributed by atoms with Crippen LogP contribution in [0.25, 0.3) is 0 Å². The minimum Gasteiger partial charge on any atom is -0.383 e. The Kier molecular flexibility index (Phi) is 5.17. The van der Waals surface area contributed by atoms with Crippen molar-refractivity contribution < 1.29 is 36.7 Å². The minimum absolute atomic E-state index is 0.0844. The Hall–Kier alpha value is -1.30. The fraction of sp³-hybridized carbons (Fsp3) is 0.714. The molecule has 0 unspecified atom stereocenters. The molecule has 1 fully saturated rings. The number of hydrogen-bond acceptors (Lipinski definition) is 6. The fourth-order valence-electron chi connectivity index (χ4n) is 2.07. The number of alkyl halides is 3. The zero-order valence-electron chi connectivity index (χ0n) is 13.8. The fourth-order valence-corrected chi connectivity index (χ4v) is 3.47. The molecule has 7 nitrogen and oxygen atoms in total. The van der Waals surface area contributed by atoms with Crippen LogP contribution >= 0.6 is 10.6 Å². The number of aromatic nitrogens is 1. The molecule has 0 radical (unpaired) electrons. The van der Waals surface area contributed by atoms with Crippen molar-refractivity contribution in [2.45, 2.75) is 56.1 Å². The summed E-state index contributed by atoms with van der Waals surface area (Å²) in [5.41, 5.74) is -0.792. The van der Waals surface area contributed by atoms with Crippen molar-refractivity contribution in [1.29, 1.82) is 0 Å². The molecule has 25 heavy (non-hydrogen) atoms. The lowest BCUT2D eigenvalue weighted by Crippen LogP contribution is -2.42. The van der Waals surface area contributed by atoms with Gasteiger partial charge >= 0.3 is 6.18 Å². The number of carbonyl (C=O) groups excluding carboxylic acids is 1. The van der Waals surface area contributed by atoms with E-state index in [0.717, 1.165) is 0 Å². The van der Waals surface area contributed by atoms with Crippen LogP contribution in [-0.4, -0.2) is 42.0 Å². The number of hydrogen-bond donors (Lipinski definition) is 4. The molecule has 0 aromatic carbocycles. The maximum Gasteiger partial charge on any atom is 0.389 e. The highest BCUT2D eigenvalue weighted by Gasteiger charge is 2.46. The predicted molar refractivity (Wildman–Crippen MR) is 85.3 cm³/mol. The van der Waals surface area contributed by atoms with E-state index in [1.165, 1.54) is 19.9 Å². The van der Waals surface area contributed by atoms with Gasteiger partial charge in [0.1, 0.15) is 16.0 Å². The van der Waals surface area contributed by atoms with Gasteiger partial charge in [0.25, 0.3) is 5.91 Å². The van der Waals surface area contributed by atoms with E-state index >= 15 is 0 Å². The van der Waals surface area contributed by atoms with Crippen LogP contribution in [0.1, 0.15) is 45.2 Å². The Morgan fingerprint density at radius 3 is 2.52 bits per heavy atom. The van der Waals surface area contributed by atoms with E-state index in [0.29, 0.717) is 12.8 Å². The zero-order valence-corrected chi connectivity index (χ0v) is 14.6. The Balaban J connectivity index is 1.99. The van der Waals surface area contributed by atoms with Crippen LogP contribution in [0, 0.1) is 0 Å². The van der Waals surface area contributed by atoms with Gasteiger partial charge in [-0.2, -0.15) is 23.8 Å². The zero-order chi connectivity index (χ0) is 19.1. The van der Waals surface area contributed by atoms with Crippen molar-refractivity contribution in [3.05, 3.63) is 11.8 Å². The topological polar surface area (TPSA) is 116 Å². The molecule has 144 valence electrons. The van der Waals surface area contributed by atoms with Crippen molar-refractivity contribution in [3.63, 3.8) is 0 Å². The minimum atomic E-state index is -4.40. The quantitative estimate of drug-likeness (QED) is 0.570. The molecule has 1 amide bonds. The number of amides is 1. The molecule has 0 aliphatic heterocycles. The molecule has 1 saturated carbocycles. The molecule has 0 bridgehead atoms. The largest absolute Gasteiger partial charge is 0.389 e. The number of halogens is 3. The standard InChI is InChI=1S/C14H21F3N2O5S/c1-12(2,25(22,23)7-3-4-14(15,16)17)11(20)18-10-8-9(19-24-10)13(21)5-6-13/h8,21-23H,3-7H2,1-2H3,(H,18,20). The second-order valence-corrected chi connectivity index (χ2v) is 9.42. The van der Waals surface area contributed by atoms with Gasteiger partial charge in [0.2, 0.25) is 5.88 Å². The van der Waals surface area contributed by atoms with Crippen LogP contribution in [0.3, 0.4) is 0 Å². The van der Waals surface area contributed by atoms with E-state index in [-0.39, 0.29) is 11.6 Å². The van der Waals surface area contributed by atoms with Crippen LogP contribution in [0.4, 0.5) is 19.1 Å². The van der Waals surface area contributed by atoms with Crippen molar-refractivity contribution >= 4 is 22.4 Å². The van der Waals surface area contributed by atoms with Crippen LogP contribution in [0.15, 0.2) is 10.6 Å². The number of aliphatic hydroxyl groups is 1. The van der Waals surface area contributed by atoms with Gasteiger partial charge in [0, 0.05) is 18.2 Å². The number of nitrogens with one attached hydrogen (secondary N) is 1. The predicted octanol–water partition coefficient (Wildman–Crippen LogP) is 3.47. The molecular weight excluding hydrogens is 365 g/mol. The van der Waals surface area contributed by atoms with Crippen molar-refractivity contribution in [2.75, 3.05) is 11.1 Å². The molecule has 1 aliphatic rings. The highest BCUT2D eigenvalue weighted by atomic mass is 32.3. The number of nitrogens with zero attached hydrogens (tertiary/aromatic N) is 1. The number of rotatable bonds is 7. The summed E-state index contributed by atoms with van der Waals surface area (Å²) < 4.78 is 60.1. The van der Waals surface area contributed by atoms with Crippen molar-refractivity contribution in [2.24, 2.45) is 0 Å². The summed E-state index contributed by atoms with van der Waals surface area (Å²) in [5.74, 6) is -1.46. The highest BCUT2D eigenvalue weighted by Crippen LogP contribution is 2.53. The summed E-state index contributed by atoms with van der Waals surface area (Å²) >= 11 is 0. The van der Waals surface area contributed by atoms with Crippen LogP contribution in [-0.2, 0) is 10.4 Å². The van der Waals surface area contributed by atoms with E-state index in [9.17, 15) is 32.2 Å². The van der Waals surface area contributed by atoms with Crippen molar-refractivity contribution in [1.82, 2.24) is 5.16 Å². The van der Waals surface area contributed by atoms with Gasteiger partial charge < -0.3 is 9.63 Å². The summed E-state index contributed by atoms with van der Waals surface area (Å²) in [4.78, 5) is 12.3. The molecule has 1 aliphatic carbocycles. The third-order valence-electron chi connectivity index (χ3n) is 4.20. The summed E-state index contributed by atoms with van der Waals surface area (Å²) in [7, 11) is -3.63. The third kappa shape index (κ3) is 4.66. The second-order valence-electron chi connectivity index (χ2n) is 6.66. The molecule has 4 N–H and O–H groups in total. The normalized spacial score (nSPS) is 18.1. The van der Waals surface area contributed by atoms with Crippen molar-refractivity contribution in [3.8, 4) is 0 Å². The third-order valence-corrected chi connectivity index (χ3v) is 6.88. The Bertz CT molecular complexity index is 641. The molecule has 1 aromatic rings. The van der Waals surface area contributed by atoms with Gasteiger partial charge in [-0.3, -0.25) is 19.2 Å². The lowest BCUT2D eigenvalue weighted by molar-refractivity contribution is -0.134. The van der Waals surface area contributed by atoms with Gasteiger partial charge in [-0.05, 0) is 33.1 Å². The number of carbonyl (C=O) groups is 1. The van der Waals surface area contributed by atoms with Crippen LogP contribution < -0.4 is 5.32 Å². The first-order valence-corrected chi connectivity index (χ1v) is 9.32. The first-order chi connectivity index (χ1) is 11.3. The molecule has 2 rings (SSSR count). The van der Waals surface area contributed by atoms with Gasteiger partial charge in [-0.25, -0.2) is 0 Å². The lowest BCUT2D eigenvalue weighted by atomic mass is 10.2. The van der Waals surface area contributed by atoms with E-state index in [1.54, 1.807) is 0 Å². The summed E-state index contributed by atoms with van der Waals surface area (Å²) in [6.07, 6.45) is -5.01. The van der Waals surface area contributed by atoms with E-state index in [4.69, 9.17) is 4.52 Å². The van der Waals surface area contributed by atoms with Gasteiger partial charge in [-0.15, -0.1) is 0 Å². The number of anilines is 1. The molecule has 0 spiro atoms. The Morgan fingerprint density at radius 1 is 1.40 bits per heavy atom. The molecule has 0 atom stereocenters. The highest BCUT2D eigenvalue weighted by molar-refractivity contribution is 8.26. The smallest absolute Gasteiger partial charge is 0.383 e. The monoisotopic (exact) mass is 386 g/mol. The SMILES string of the molecule is CC(C)(C(=O)Nc1cc(C2(O)CC2)no1)S(O)(O)CCCC(F)(F)F. The summed E-state index contributed by atoms with van der Waals surface area (Å²) in [6, 6.07) is 1.33. The Morgan fingerprint density at radius 2 is 2.00 bits per heavy atom. The Labute approximate surface area is 143 Å². The summed E-state index contributed by atoms with van der Waals surface area (Å²) in [5, 5.41) is 15.9. The first-order valence-electron chi connectivity index (χ1n) is 7.60. The van der Waals surface area contributed by atoms with Gasteiger partial charge in [-0.1, -0.05) is 5.16 Å².